The monoisotopic (exact) mass is 325 g/mol. The Kier molecular flexibility index (Phi) is 4.31. The number of nitrogens with one attached hydrogen (secondary N) is 1. The zero-order valence-corrected chi connectivity index (χ0v) is 12.6. The van der Waals surface area contributed by atoms with Gasteiger partial charge in [-0.2, -0.15) is 0 Å². The molecule has 0 fully saturated rings. The summed E-state index contributed by atoms with van der Waals surface area (Å²) >= 11 is 12.0. The molecular weight excluding hydrogens is 313 g/mol. The number of fused-ring (bicyclic) bond motifs is 1. The van der Waals surface area contributed by atoms with Crippen molar-refractivity contribution >= 4 is 29.0 Å². The SMILES string of the molecule is Clc1cc(NCCc2cc(Cl)c3c(c2)OCCO3)ncn1. The molecule has 0 amide bonds. The lowest BCUT2D eigenvalue weighted by Gasteiger charge is -2.20. The molecule has 0 atom stereocenters. The lowest BCUT2D eigenvalue weighted by molar-refractivity contribution is 0.171. The van der Waals surface area contributed by atoms with Crippen LogP contribution < -0.4 is 14.8 Å². The molecule has 2 aromatic rings. The van der Waals surface area contributed by atoms with Gasteiger partial charge < -0.3 is 14.8 Å². The Hall–Kier alpha value is -1.72. The van der Waals surface area contributed by atoms with Gasteiger partial charge in [0.2, 0.25) is 0 Å². The molecular formula is C14H13Cl2N3O2. The van der Waals surface area contributed by atoms with E-state index in [2.05, 4.69) is 15.3 Å². The van der Waals surface area contributed by atoms with Gasteiger partial charge in [-0.05, 0) is 24.1 Å². The van der Waals surface area contributed by atoms with E-state index >= 15 is 0 Å². The number of benzene rings is 1. The van der Waals surface area contributed by atoms with Crippen molar-refractivity contribution < 1.29 is 9.47 Å². The van der Waals surface area contributed by atoms with E-state index in [1.165, 1.54) is 6.33 Å². The molecule has 0 bridgehead atoms. The van der Waals surface area contributed by atoms with Gasteiger partial charge in [0.25, 0.3) is 0 Å². The highest BCUT2D eigenvalue weighted by molar-refractivity contribution is 6.32. The summed E-state index contributed by atoms with van der Waals surface area (Å²) in [5.74, 6) is 2.02. The van der Waals surface area contributed by atoms with Crippen LogP contribution >= 0.6 is 23.2 Å². The first-order chi connectivity index (χ1) is 10.2. The molecule has 21 heavy (non-hydrogen) atoms. The van der Waals surface area contributed by atoms with Crippen molar-refractivity contribution in [1.29, 1.82) is 0 Å². The molecule has 0 aliphatic carbocycles. The quantitative estimate of drug-likeness (QED) is 0.875. The maximum atomic E-state index is 6.20. The van der Waals surface area contributed by atoms with E-state index in [9.17, 15) is 0 Å². The van der Waals surface area contributed by atoms with Gasteiger partial charge >= 0.3 is 0 Å². The highest BCUT2D eigenvalue weighted by Crippen LogP contribution is 2.38. The van der Waals surface area contributed by atoms with Crippen LogP contribution in [0.25, 0.3) is 0 Å². The van der Waals surface area contributed by atoms with Crippen LogP contribution in [0.2, 0.25) is 10.2 Å². The molecule has 7 heteroatoms. The van der Waals surface area contributed by atoms with Crippen LogP contribution in [0.1, 0.15) is 5.56 Å². The van der Waals surface area contributed by atoms with Gasteiger partial charge in [-0.15, -0.1) is 0 Å². The fourth-order valence-corrected chi connectivity index (χ4v) is 2.51. The summed E-state index contributed by atoms with van der Waals surface area (Å²) in [6.07, 6.45) is 2.20. The van der Waals surface area contributed by atoms with Crippen LogP contribution in [0.15, 0.2) is 24.5 Å². The zero-order chi connectivity index (χ0) is 14.7. The van der Waals surface area contributed by atoms with Crippen LogP contribution in [-0.2, 0) is 6.42 Å². The van der Waals surface area contributed by atoms with Crippen molar-refractivity contribution in [3.05, 3.63) is 40.3 Å². The van der Waals surface area contributed by atoms with Gasteiger partial charge in [0.15, 0.2) is 11.5 Å². The van der Waals surface area contributed by atoms with Crippen LogP contribution in [0, 0.1) is 0 Å². The average Bonchev–Trinajstić information content (AvgIpc) is 2.47. The summed E-state index contributed by atoms with van der Waals surface area (Å²) in [6.45, 7) is 1.77. The predicted molar refractivity (Wildman–Crippen MR) is 81.7 cm³/mol. The lowest BCUT2D eigenvalue weighted by Crippen LogP contribution is -2.16. The lowest BCUT2D eigenvalue weighted by atomic mass is 10.1. The van der Waals surface area contributed by atoms with E-state index in [1.807, 2.05) is 12.1 Å². The summed E-state index contributed by atoms with van der Waals surface area (Å²) in [4.78, 5) is 7.91. The van der Waals surface area contributed by atoms with Gasteiger partial charge in [0.05, 0.1) is 5.02 Å². The molecule has 1 aliphatic heterocycles. The molecule has 5 nitrogen and oxygen atoms in total. The summed E-state index contributed by atoms with van der Waals surface area (Å²) in [5, 5.41) is 4.17. The summed E-state index contributed by atoms with van der Waals surface area (Å²) < 4.78 is 11.0. The highest BCUT2D eigenvalue weighted by atomic mass is 35.5. The van der Waals surface area contributed by atoms with Crippen LogP contribution in [0.4, 0.5) is 5.82 Å². The Bertz CT molecular complexity index is 652. The van der Waals surface area contributed by atoms with Crippen molar-refractivity contribution in [2.75, 3.05) is 25.1 Å². The molecule has 1 aromatic heterocycles. The highest BCUT2D eigenvalue weighted by Gasteiger charge is 2.16. The molecule has 1 aromatic carbocycles. The number of hydrogen-bond donors (Lipinski definition) is 1. The predicted octanol–water partition coefficient (Wildman–Crippen LogP) is 3.21. The smallest absolute Gasteiger partial charge is 0.179 e. The van der Waals surface area contributed by atoms with Crippen LogP contribution in [0.3, 0.4) is 0 Å². The molecule has 0 spiro atoms. The minimum absolute atomic E-state index is 0.412. The normalized spacial score (nSPS) is 13.0. The Morgan fingerprint density at radius 2 is 1.95 bits per heavy atom. The number of rotatable bonds is 4. The van der Waals surface area contributed by atoms with Crippen molar-refractivity contribution in [3.63, 3.8) is 0 Å². The van der Waals surface area contributed by atoms with Gasteiger partial charge in [-0.1, -0.05) is 23.2 Å². The molecule has 0 saturated heterocycles. The summed E-state index contributed by atoms with van der Waals surface area (Å²) in [6, 6.07) is 5.52. The second-order valence-electron chi connectivity index (χ2n) is 4.50. The second kappa shape index (κ2) is 6.37. The third-order valence-electron chi connectivity index (χ3n) is 3.01. The Balaban J connectivity index is 1.64. The van der Waals surface area contributed by atoms with E-state index < -0.39 is 0 Å². The fraction of sp³-hybridized carbons (Fsp3) is 0.286. The largest absolute Gasteiger partial charge is 0.486 e. The van der Waals surface area contributed by atoms with Gasteiger partial charge in [0, 0.05) is 12.6 Å². The number of hydrogen-bond acceptors (Lipinski definition) is 5. The second-order valence-corrected chi connectivity index (χ2v) is 5.30. The molecule has 3 rings (SSSR count). The number of ether oxygens (including phenoxy) is 2. The summed E-state index contributed by atoms with van der Waals surface area (Å²) in [7, 11) is 0. The van der Waals surface area contributed by atoms with Gasteiger partial charge in [-0.3, -0.25) is 0 Å². The zero-order valence-electron chi connectivity index (χ0n) is 11.1. The Morgan fingerprint density at radius 3 is 2.81 bits per heavy atom. The molecule has 1 N–H and O–H groups in total. The van der Waals surface area contributed by atoms with E-state index in [1.54, 1.807) is 6.07 Å². The molecule has 0 radical (unpaired) electrons. The first-order valence-electron chi connectivity index (χ1n) is 6.52. The van der Waals surface area contributed by atoms with Crippen LogP contribution in [0.5, 0.6) is 11.5 Å². The average molecular weight is 326 g/mol. The van der Waals surface area contributed by atoms with Crippen LogP contribution in [-0.4, -0.2) is 29.7 Å². The molecule has 0 unspecified atom stereocenters. The van der Waals surface area contributed by atoms with Gasteiger partial charge in [0.1, 0.15) is 30.5 Å². The third-order valence-corrected chi connectivity index (χ3v) is 3.50. The Morgan fingerprint density at radius 1 is 1.10 bits per heavy atom. The Labute approximate surface area is 132 Å². The first-order valence-corrected chi connectivity index (χ1v) is 7.27. The maximum absolute atomic E-state index is 6.20. The van der Waals surface area contributed by atoms with E-state index in [-0.39, 0.29) is 0 Å². The van der Waals surface area contributed by atoms with Crippen molar-refractivity contribution in [2.24, 2.45) is 0 Å². The molecule has 110 valence electrons. The van der Waals surface area contributed by atoms with E-state index in [0.717, 1.165) is 12.0 Å². The van der Waals surface area contributed by atoms with Gasteiger partial charge in [-0.25, -0.2) is 9.97 Å². The van der Waals surface area contributed by atoms with E-state index in [4.69, 9.17) is 32.7 Å². The van der Waals surface area contributed by atoms with Crippen molar-refractivity contribution in [3.8, 4) is 11.5 Å². The molecule has 1 aliphatic rings. The fourth-order valence-electron chi connectivity index (χ4n) is 2.07. The minimum Gasteiger partial charge on any atom is -0.486 e. The number of aromatic nitrogens is 2. The standard InChI is InChI=1S/C14H13Cl2N3O2/c15-10-5-9(6-11-14(10)21-4-3-20-11)1-2-17-13-7-12(16)18-8-19-13/h5-8H,1-4H2,(H,17,18,19). The number of halogens is 2. The first kappa shape index (κ1) is 14.2. The van der Waals surface area contributed by atoms with E-state index in [0.29, 0.717) is 47.3 Å². The maximum Gasteiger partial charge on any atom is 0.179 e. The number of nitrogens with zero attached hydrogens (tertiary/aromatic N) is 2. The van der Waals surface area contributed by atoms with Crippen molar-refractivity contribution in [1.82, 2.24) is 9.97 Å². The summed E-state index contributed by atoms with van der Waals surface area (Å²) in [5.41, 5.74) is 1.07. The molecule has 2 heterocycles. The molecule has 0 saturated carbocycles. The van der Waals surface area contributed by atoms with Crippen molar-refractivity contribution in [2.45, 2.75) is 6.42 Å². The topological polar surface area (TPSA) is 56.3 Å². The number of anilines is 1. The third kappa shape index (κ3) is 3.49. The minimum atomic E-state index is 0.412.